The van der Waals surface area contributed by atoms with Crippen molar-refractivity contribution < 1.29 is 9.47 Å². The standard InChI is InChI=1S/C14H21ClN2O2/c1-18-12-4-3-10(13(15)14(12)19-2)9-17-7-5-11(16)6-8-17/h3-4,11H,5-9,16H2,1-2H3. The zero-order chi connectivity index (χ0) is 13.8. The van der Waals surface area contributed by atoms with Crippen LogP contribution in [0, 0.1) is 0 Å². The molecule has 5 heteroatoms. The quantitative estimate of drug-likeness (QED) is 0.921. The predicted octanol–water partition coefficient (Wildman–Crippen LogP) is 2.28. The van der Waals surface area contributed by atoms with E-state index >= 15 is 0 Å². The van der Waals surface area contributed by atoms with Gasteiger partial charge in [0.15, 0.2) is 11.5 Å². The van der Waals surface area contributed by atoms with Gasteiger partial charge in [-0.3, -0.25) is 4.90 Å². The van der Waals surface area contributed by atoms with E-state index in [1.807, 2.05) is 12.1 Å². The summed E-state index contributed by atoms with van der Waals surface area (Å²) >= 11 is 6.38. The lowest BCUT2D eigenvalue weighted by Crippen LogP contribution is -2.39. The van der Waals surface area contributed by atoms with Crippen LogP contribution in [0.2, 0.25) is 5.02 Å². The van der Waals surface area contributed by atoms with E-state index in [0.717, 1.165) is 38.0 Å². The third-order valence-corrected chi connectivity index (χ3v) is 4.01. The molecule has 0 spiro atoms. The number of piperidine rings is 1. The minimum absolute atomic E-state index is 0.345. The Morgan fingerprint density at radius 2 is 1.95 bits per heavy atom. The van der Waals surface area contributed by atoms with Gasteiger partial charge in [-0.15, -0.1) is 0 Å². The molecule has 2 rings (SSSR count). The Hall–Kier alpha value is -0.970. The molecule has 1 saturated heterocycles. The molecule has 0 aliphatic carbocycles. The van der Waals surface area contributed by atoms with Crippen LogP contribution < -0.4 is 15.2 Å². The van der Waals surface area contributed by atoms with Gasteiger partial charge in [-0.25, -0.2) is 0 Å². The second-order valence-electron chi connectivity index (χ2n) is 4.89. The fourth-order valence-corrected chi connectivity index (χ4v) is 2.70. The van der Waals surface area contributed by atoms with E-state index in [1.165, 1.54) is 0 Å². The number of benzene rings is 1. The van der Waals surface area contributed by atoms with Gasteiger partial charge in [0, 0.05) is 12.6 Å². The van der Waals surface area contributed by atoms with Crippen LogP contribution in [-0.2, 0) is 6.54 Å². The maximum Gasteiger partial charge on any atom is 0.179 e. The first-order chi connectivity index (χ1) is 9.15. The molecule has 4 nitrogen and oxygen atoms in total. The van der Waals surface area contributed by atoms with Gasteiger partial charge in [0.2, 0.25) is 0 Å². The van der Waals surface area contributed by atoms with Crippen molar-refractivity contribution in [1.82, 2.24) is 4.90 Å². The number of rotatable bonds is 4. The Morgan fingerprint density at radius 1 is 1.26 bits per heavy atom. The fourth-order valence-electron chi connectivity index (χ4n) is 2.40. The summed E-state index contributed by atoms with van der Waals surface area (Å²) in [5.74, 6) is 1.27. The van der Waals surface area contributed by atoms with Gasteiger partial charge < -0.3 is 15.2 Å². The number of nitrogens with two attached hydrogens (primary N) is 1. The van der Waals surface area contributed by atoms with Crippen molar-refractivity contribution in [2.24, 2.45) is 5.73 Å². The molecule has 1 aliphatic heterocycles. The van der Waals surface area contributed by atoms with E-state index in [1.54, 1.807) is 14.2 Å². The number of likely N-dealkylation sites (tertiary alicyclic amines) is 1. The van der Waals surface area contributed by atoms with Crippen LogP contribution in [0.15, 0.2) is 12.1 Å². The lowest BCUT2D eigenvalue weighted by Gasteiger charge is -2.30. The SMILES string of the molecule is COc1ccc(CN2CCC(N)CC2)c(Cl)c1OC. The van der Waals surface area contributed by atoms with E-state index in [2.05, 4.69) is 4.90 Å². The zero-order valence-electron chi connectivity index (χ0n) is 11.5. The average molecular weight is 285 g/mol. The van der Waals surface area contributed by atoms with Gasteiger partial charge in [0.25, 0.3) is 0 Å². The number of methoxy groups -OCH3 is 2. The van der Waals surface area contributed by atoms with Crippen LogP contribution >= 0.6 is 11.6 Å². The van der Waals surface area contributed by atoms with Gasteiger partial charge in [0.1, 0.15) is 0 Å². The van der Waals surface area contributed by atoms with Crippen molar-refractivity contribution in [2.75, 3.05) is 27.3 Å². The molecule has 2 N–H and O–H groups in total. The second-order valence-corrected chi connectivity index (χ2v) is 5.27. The Morgan fingerprint density at radius 3 is 2.53 bits per heavy atom. The van der Waals surface area contributed by atoms with Crippen LogP contribution in [0.1, 0.15) is 18.4 Å². The van der Waals surface area contributed by atoms with Gasteiger partial charge in [-0.05, 0) is 37.6 Å². The first kappa shape index (κ1) is 14.4. The molecule has 1 aliphatic rings. The first-order valence-electron chi connectivity index (χ1n) is 6.53. The molecule has 0 atom stereocenters. The lowest BCUT2D eigenvalue weighted by atomic mass is 10.1. The smallest absolute Gasteiger partial charge is 0.179 e. The molecular formula is C14H21ClN2O2. The maximum atomic E-state index is 6.38. The molecule has 1 aromatic rings. The topological polar surface area (TPSA) is 47.7 Å². The van der Waals surface area contributed by atoms with Gasteiger partial charge in [0.05, 0.1) is 19.2 Å². The van der Waals surface area contributed by atoms with Crippen LogP contribution in [0.4, 0.5) is 0 Å². The summed E-state index contributed by atoms with van der Waals surface area (Å²) in [5, 5.41) is 0.636. The van der Waals surface area contributed by atoms with Gasteiger partial charge >= 0.3 is 0 Å². The van der Waals surface area contributed by atoms with Crippen LogP contribution in [0.25, 0.3) is 0 Å². The van der Waals surface area contributed by atoms with Crippen molar-refractivity contribution in [3.05, 3.63) is 22.7 Å². The molecule has 0 radical (unpaired) electrons. The molecule has 106 valence electrons. The summed E-state index contributed by atoms with van der Waals surface area (Å²) in [4.78, 5) is 2.37. The van der Waals surface area contributed by atoms with Gasteiger partial charge in [-0.2, -0.15) is 0 Å². The maximum absolute atomic E-state index is 6.38. The molecule has 0 amide bonds. The largest absolute Gasteiger partial charge is 0.493 e. The highest BCUT2D eigenvalue weighted by Crippen LogP contribution is 2.37. The third kappa shape index (κ3) is 3.32. The highest BCUT2D eigenvalue weighted by atomic mass is 35.5. The van der Waals surface area contributed by atoms with Gasteiger partial charge in [-0.1, -0.05) is 17.7 Å². The Labute approximate surface area is 119 Å². The Kier molecular flexibility index (Phi) is 4.91. The summed E-state index contributed by atoms with van der Waals surface area (Å²) in [7, 11) is 3.22. The zero-order valence-corrected chi connectivity index (χ0v) is 12.2. The highest BCUT2D eigenvalue weighted by Gasteiger charge is 2.19. The van der Waals surface area contributed by atoms with E-state index in [0.29, 0.717) is 22.6 Å². The van der Waals surface area contributed by atoms with E-state index < -0.39 is 0 Å². The average Bonchev–Trinajstić information content (AvgIpc) is 2.43. The predicted molar refractivity (Wildman–Crippen MR) is 77.0 cm³/mol. The molecular weight excluding hydrogens is 264 g/mol. The number of ether oxygens (including phenoxy) is 2. The molecule has 0 bridgehead atoms. The Bertz CT molecular complexity index is 432. The number of halogens is 1. The van der Waals surface area contributed by atoms with E-state index in [-0.39, 0.29) is 0 Å². The van der Waals surface area contributed by atoms with Crippen LogP contribution in [-0.4, -0.2) is 38.3 Å². The molecule has 1 heterocycles. The van der Waals surface area contributed by atoms with E-state index in [4.69, 9.17) is 26.8 Å². The lowest BCUT2D eigenvalue weighted by molar-refractivity contribution is 0.205. The van der Waals surface area contributed by atoms with E-state index in [9.17, 15) is 0 Å². The summed E-state index contributed by atoms with van der Waals surface area (Å²) < 4.78 is 10.6. The van der Waals surface area contributed by atoms with Crippen molar-refractivity contribution >= 4 is 11.6 Å². The van der Waals surface area contributed by atoms with Crippen molar-refractivity contribution in [3.63, 3.8) is 0 Å². The van der Waals surface area contributed by atoms with Crippen molar-refractivity contribution in [3.8, 4) is 11.5 Å². The molecule has 0 unspecified atom stereocenters. The number of hydrogen-bond donors (Lipinski definition) is 1. The Balaban J connectivity index is 2.12. The summed E-state index contributed by atoms with van der Waals surface area (Å²) in [6.45, 7) is 2.86. The summed E-state index contributed by atoms with van der Waals surface area (Å²) in [6, 6.07) is 4.24. The number of nitrogens with zero attached hydrogens (tertiary/aromatic N) is 1. The van der Waals surface area contributed by atoms with Crippen molar-refractivity contribution in [2.45, 2.75) is 25.4 Å². The van der Waals surface area contributed by atoms with Crippen LogP contribution in [0.3, 0.4) is 0 Å². The highest BCUT2D eigenvalue weighted by molar-refractivity contribution is 6.33. The number of hydrogen-bond acceptors (Lipinski definition) is 4. The van der Waals surface area contributed by atoms with Crippen molar-refractivity contribution in [1.29, 1.82) is 0 Å². The fraction of sp³-hybridized carbons (Fsp3) is 0.571. The molecule has 19 heavy (non-hydrogen) atoms. The molecule has 1 fully saturated rings. The summed E-state index contributed by atoms with van der Waals surface area (Å²) in [5.41, 5.74) is 6.98. The first-order valence-corrected chi connectivity index (χ1v) is 6.90. The van der Waals surface area contributed by atoms with Crippen LogP contribution in [0.5, 0.6) is 11.5 Å². The summed E-state index contributed by atoms with van der Waals surface area (Å²) in [6.07, 6.45) is 2.09. The second kappa shape index (κ2) is 6.46. The minimum atomic E-state index is 0.345. The minimum Gasteiger partial charge on any atom is -0.493 e. The molecule has 1 aromatic carbocycles. The normalized spacial score (nSPS) is 17.5. The molecule has 0 saturated carbocycles. The monoisotopic (exact) mass is 284 g/mol. The third-order valence-electron chi connectivity index (χ3n) is 3.59. The molecule has 0 aromatic heterocycles.